The average molecular weight is 233 g/mol. The quantitative estimate of drug-likeness (QED) is 0.699. The first kappa shape index (κ1) is 13.3. The standard InChI is InChI=1S/C11H23NO2S/c1-3-15-6-4-5-12-7-10(2)14-11(8-12)9-13/h10-11,13H,3-9H2,1-2H3. The van der Waals surface area contributed by atoms with E-state index in [4.69, 9.17) is 9.84 Å². The average Bonchev–Trinajstić information content (AvgIpc) is 2.23. The molecule has 90 valence electrons. The van der Waals surface area contributed by atoms with Crippen molar-refractivity contribution in [2.75, 3.05) is 37.7 Å². The molecule has 0 spiro atoms. The van der Waals surface area contributed by atoms with Crippen LogP contribution in [0.15, 0.2) is 0 Å². The molecule has 0 saturated carbocycles. The molecular formula is C11H23NO2S. The summed E-state index contributed by atoms with van der Waals surface area (Å²) in [5, 5.41) is 9.08. The summed E-state index contributed by atoms with van der Waals surface area (Å²) >= 11 is 2.00. The normalized spacial score (nSPS) is 28.2. The van der Waals surface area contributed by atoms with Crippen molar-refractivity contribution in [1.29, 1.82) is 0 Å². The zero-order valence-corrected chi connectivity index (χ0v) is 10.6. The Morgan fingerprint density at radius 1 is 1.47 bits per heavy atom. The fourth-order valence-electron chi connectivity index (χ4n) is 1.96. The van der Waals surface area contributed by atoms with Crippen molar-refractivity contribution in [1.82, 2.24) is 4.90 Å². The minimum atomic E-state index is 0.0209. The molecule has 0 amide bonds. The van der Waals surface area contributed by atoms with Gasteiger partial charge < -0.3 is 9.84 Å². The summed E-state index contributed by atoms with van der Waals surface area (Å²) in [6.45, 7) is 7.45. The Balaban J connectivity index is 2.16. The van der Waals surface area contributed by atoms with Gasteiger partial charge in [-0.15, -0.1) is 0 Å². The molecule has 1 aliphatic rings. The van der Waals surface area contributed by atoms with Crippen molar-refractivity contribution in [3.8, 4) is 0 Å². The van der Waals surface area contributed by atoms with E-state index in [2.05, 4.69) is 18.7 Å². The Bertz CT molecular complexity index is 169. The Morgan fingerprint density at radius 3 is 2.93 bits per heavy atom. The van der Waals surface area contributed by atoms with Crippen LogP contribution in [0.4, 0.5) is 0 Å². The van der Waals surface area contributed by atoms with Crippen molar-refractivity contribution in [3.63, 3.8) is 0 Å². The number of thioether (sulfide) groups is 1. The second-order valence-electron chi connectivity index (χ2n) is 4.06. The Hall–Kier alpha value is 0.230. The van der Waals surface area contributed by atoms with Crippen molar-refractivity contribution in [2.45, 2.75) is 32.5 Å². The second-order valence-corrected chi connectivity index (χ2v) is 5.46. The monoisotopic (exact) mass is 233 g/mol. The van der Waals surface area contributed by atoms with Gasteiger partial charge in [-0.2, -0.15) is 11.8 Å². The first-order valence-corrected chi connectivity index (χ1v) is 6.98. The summed E-state index contributed by atoms with van der Waals surface area (Å²) in [4.78, 5) is 2.41. The number of aliphatic hydroxyl groups excluding tert-OH is 1. The molecule has 15 heavy (non-hydrogen) atoms. The van der Waals surface area contributed by atoms with E-state index in [9.17, 15) is 0 Å². The van der Waals surface area contributed by atoms with Crippen molar-refractivity contribution in [3.05, 3.63) is 0 Å². The van der Waals surface area contributed by atoms with Gasteiger partial charge in [0.25, 0.3) is 0 Å². The van der Waals surface area contributed by atoms with Gasteiger partial charge in [0.2, 0.25) is 0 Å². The van der Waals surface area contributed by atoms with Crippen LogP contribution in [-0.2, 0) is 4.74 Å². The number of nitrogens with zero attached hydrogens (tertiary/aromatic N) is 1. The van der Waals surface area contributed by atoms with Crippen LogP contribution in [0.3, 0.4) is 0 Å². The molecule has 0 radical (unpaired) electrons. The van der Waals surface area contributed by atoms with Crippen molar-refractivity contribution >= 4 is 11.8 Å². The Labute approximate surface area is 97.2 Å². The maximum Gasteiger partial charge on any atom is 0.0936 e. The fourth-order valence-corrected chi connectivity index (χ4v) is 2.58. The number of hydrogen-bond donors (Lipinski definition) is 1. The highest BCUT2D eigenvalue weighted by Gasteiger charge is 2.23. The van der Waals surface area contributed by atoms with Crippen molar-refractivity contribution in [2.24, 2.45) is 0 Å². The zero-order valence-electron chi connectivity index (χ0n) is 9.82. The van der Waals surface area contributed by atoms with Gasteiger partial charge in [-0.05, 0) is 31.4 Å². The van der Waals surface area contributed by atoms with Gasteiger partial charge in [0, 0.05) is 13.1 Å². The lowest BCUT2D eigenvalue weighted by molar-refractivity contribution is -0.0948. The SMILES string of the molecule is CCSCCCN1CC(C)OC(CO)C1. The predicted octanol–water partition coefficient (Wildman–Crippen LogP) is 1.21. The number of morpholine rings is 1. The minimum absolute atomic E-state index is 0.0209. The molecule has 0 aromatic carbocycles. The van der Waals surface area contributed by atoms with Gasteiger partial charge in [0.05, 0.1) is 18.8 Å². The van der Waals surface area contributed by atoms with E-state index in [1.54, 1.807) is 0 Å². The van der Waals surface area contributed by atoms with E-state index < -0.39 is 0 Å². The molecular weight excluding hydrogens is 210 g/mol. The highest BCUT2D eigenvalue weighted by molar-refractivity contribution is 7.99. The first-order chi connectivity index (χ1) is 7.26. The lowest BCUT2D eigenvalue weighted by Gasteiger charge is -2.36. The van der Waals surface area contributed by atoms with Crippen LogP contribution in [-0.4, -0.2) is 60.0 Å². The molecule has 1 rings (SSSR count). The third kappa shape index (κ3) is 5.20. The van der Waals surface area contributed by atoms with Crippen LogP contribution >= 0.6 is 11.8 Å². The predicted molar refractivity (Wildman–Crippen MR) is 65.5 cm³/mol. The highest BCUT2D eigenvalue weighted by atomic mass is 32.2. The smallest absolute Gasteiger partial charge is 0.0936 e. The Kier molecular flexibility index (Phi) is 6.64. The van der Waals surface area contributed by atoms with E-state index in [0.717, 1.165) is 19.6 Å². The minimum Gasteiger partial charge on any atom is -0.394 e. The molecule has 1 fully saturated rings. The van der Waals surface area contributed by atoms with E-state index in [-0.39, 0.29) is 18.8 Å². The summed E-state index contributed by atoms with van der Waals surface area (Å²) in [7, 11) is 0. The third-order valence-corrected chi connectivity index (χ3v) is 3.56. The molecule has 3 nitrogen and oxygen atoms in total. The molecule has 1 saturated heterocycles. The third-order valence-electron chi connectivity index (χ3n) is 2.57. The van der Waals surface area contributed by atoms with Crippen LogP contribution in [0, 0.1) is 0 Å². The second kappa shape index (κ2) is 7.49. The van der Waals surface area contributed by atoms with Crippen LogP contribution in [0.5, 0.6) is 0 Å². The Morgan fingerprint density at radius 2 is 2.27 bits per heavy atom. The molecule has 0 aliphatic carbocycles. The van der Waals surface area contributed by atoms with Gasteiger partial charge in [-0.3, -0.25) is 4.90 Å². The van der Waals surface area contributed by atoms with Gasteiger partial charge in [-0.1, -0.05) is 6.92 Å². The van der Waals surface area contributed by atoms with E-state index in [1.807, 2.05) is 11.8 Å². The van der Waals surface area contributed by atoms with Gasteiger partial charge in [0.15, 0.2) is 0 Å². The molecule has 0 aromatic heterocycles. The fraction of sp³-hybridized carbons (Fsp3) is 1.00. The maximum absolute atomic E-state index is 9.08. The molecule has 1 N–H and O–H groups in total. The lowest BCUT2D eigenvalue weighted by Crippen LogP contribution is -2.48. The van der Waals surface area contributed by atoms with Crippen LogP contribution in [0.25, 0.3) is 0 Å². The van der Waals surface area contributed by atoms with Gasteiger partial charge in [0.1, 0.15) is 0 Å². The number of ether oxygens (including phenoxy) is 1. The molecule has 0 bridgehead atoms. The van der Waals surface area contributed by atoms with Gasteiger partial charge in [-0.25, -0.2) is 0 Å². The summed E-state index contributed by atoms with van der Waals surface area (Å²) in [6.07, 6.45) is 1.52. The molecule has 2 unspecified atom stereocenters. The molecule has 2 atom stereocenters. The maximum atomic E-state index is 9.08. The van der Waals surface area contributed by atoms with Crippen LogP contribution < -0.4 is 0 Å². The molecule has 1 heterocycles. The highest BCUT2D eigenvalue weighted by Crippen LogP contribution is 2.12. The lowest BCUT2D eigenvalue weighted by atomic mass is 10.2. The molecule has 0 aromatic rings. The van der Waals surface area contributed by atoms with E-state index in [0.29, 0.717) is 0 Å². The van der Waals surface area contributed by atoms with E-state index in [1.165, 1.54) is 17.9 Å². The summed E-state index contributed by atoms with van der Waals surface area (Å²) in [5.74, 6) is 2.45. The molecule has 1 aliphatic heterocycles. The van der Waals surface area contributed by atoms with Crippen LogP contribution in [0.1, 0.15) is 20.3 Å². The number of hydrogen-bond acceptors (Lipinski definition) is 4. The summed E-state index contributed by atoms with van der Waals surface area (Å²) in [6, 6.07) is 0. The topological polar surface area (TPSA) is 32.7 Å². The summed E-state index contributed by atoms with van der Waals surface area (Å²) in [5.41, 5.74) is 0. The number of rotatable bonds is 6. The zero-order chi connectivity index (χ0) is 11.1. The van der Waals surface area contributed by atoms with E-state index >= 15 is 0 Å². The van der Waals surface area contributed by atoms with Crippen molar-refractivity contribution < 1.29 is 9.84 Å². The van der Waals surface area contributed by atoms with Crippen LogP contribution in [0.2, 0.25) is 0 Å². The first-order valence-electron chi connectivity index (χ1n) is 5.82. The van der Waals surface area contributed by atoms with Gasteiger partial charge >= 0.3 is 0 Å². The largest absolute Gasteiger partial charge is 0.394 e. The summed E-state index contributed by atoms with van der Waals surface area (Å²) < 4.78 is 5.60. The molecule has 4 heteroatoms. The number of aliphatic hydroxyl groups is 1.